The molecule has 26 heavy (non-hydrogen) atoms. The molecular weight excluding hydrogens is 372 g/mol. The fourth-order valence-corrected chi connectivity index (χ4v) is 3.81. The second-order valence-electron chi connectivity index (χ2n) is 6.49. The van der Waals surface area contributed by atoms with Gasteiger partial charge in [0.15, 0.2) is 0 Å². The maximum atomic E-state index is 11.9. The number of halogens is 1. The first-order valence-corrected chi connectivity index (χ1v) is 9.74. The Kier molecular flexibility index (Phi) is 5.84. The number of nitrogens with zero attached hydrogens (tertiary/aromatic N) is 1. The third-order valence-corrected chi connectivity index (χ3v) is 5.26. The van der Waals surface area contributed by atoms with E-state index < -0.39 is 0 Å². The van der Waals surface area contributed by atoms with Crippen molar-refractivity contribution in [3.8, 4) is 16.9 Å². The van der Waals surface area contributed by atoms with Crippen LogP contribution in [0.2, 0.25) is 5.02 Å². The number of hydrogen-bond donors (Lipinski definition) is 1. The van der Waals surface area contributed by atoms with Crippen LogP contribution < -0.4 is 10.1 Å². The van der Waals surface area contributed by atoms with Gasteiger partial charge in [-0.2, -0.15) is 11.3 Å². The van der Waals surface area contributed by atoms with E-state index in [9.17, 15) is 9.59 Å². The van der Waals surface area contributed by atoms with Crippen molar-refractivity contribution in [1.29, 1.82) is 0 Å². The maximum Gasteiger partial charge on any atom is 0.222 e. The molecule has 5 nitrogen and oxygen atoms in total. The van der Waals surface area contributed by atoms with Gasteiger partial charge < -0.3 is 15.0 Å². The van der Waals surface area contributed by atoms with E-state index >= 15 is 0 Å². The Morgan fingerprint density at radius 2 is 2.12 bits per heavy atom. The molecule has 2 aromatic rings. The molecule has 3 rings (SSSR count). The highest BCUT2D eigenvalue weighted by atomic mass is 35.5. The molecule has 0 saturated heterocycles. The smallest absolute Gasteiger partial charge is 0.222 e. The lowest BCUT2D eigenvalue weighted by Crippen LogP contribution is -2.35. The Morgan fingerprint density at radius 3 is 2.81 bits per heavy atom. The molecule has 2 heterocycles. The van der Waals surface area contributed by atoms with Gasteiger partial charge in [-0.1, -0.05) is 11.6 Å². The van der Waals surface area contributed by atoms with Crippen LogP contribution in [0.5, 0.6) is 5.75 Å². The molecule has 0 fully saturated rings. The monoisotopic (exact) mass is 392 g/mol. The van der Waals surface area contributed by atoms with Gasteiger partial charge in [-0.25, -0.2) is 0 Å². The van der Waals surface area contributed by atoms with Crippen LogP contribution in [-0.4, -0.2) is 43.5 Å². The third-order valence-electron chi connectivity index (χ3n) is 4.30. The minimum absolute atomic E-state index is 0.0580. The summed E-state index contributed by atoms with van der Waals surface area (Å²) in [4.78, 5) is 24.9. The van der Waals surface area contributed by atoms with Gasteiger partial charge in [0.2, 0.25) is 11.8 Å². The van der Waals surface area contributed by atoms with Gasteiger partial charge in [0.1, 0.15) is 11.9 Å². The van der Waals surface area contributed by atoms with Crippen molar-refractivity contribution in [3.63, 3.8) is 0 Å². The fourth-order valence-electron chi connectivity index (χ4n) is 2.86. The Bertz CT molecular complexity index is 805. The number of amides is 2. The van der Waals surface area contributed by atoms with Crippen LogP contribution in [0.25, 0.3) is 11.1 Å². The molecule has 1 aromatic carbocycles. The van der Waals surface area contributed by atoms with Crippen molar-refractivity contribution in [2.75, 3.05) is 20.6 Å². The molecule has 1 aromatic heterocycles. The van der Waals surface area contributed by atoms with Crippen molar-refractivity contribution in [2.24, 2.45) is 0 Å². The first-order chi connectivity index (χ1) is 12.4. The Hall–Kier alpha value is -2.05. The molecular formula is C19H21ClN2O3S. The van der Waals surface area contributed by atoms with E-state index in [1.807, 2.05) is 11.4 Å². The van der Waals surface area contributed by atoms with E-state index in [1.165, 1.54) is 4.90 Å². The van der Waals surface area contributed by atoms with Gasteiger partial charge in [-0.15, -0.1) is 0 Å². The maximum absolute atomic E-state index is 11.9. The van der Waals surface area contributed by atoms with Gasteiger partial charge in [-0.3, -0.25) is 9.59 Å². The zero-order chi connectivity index (χ0) is 18.7. The van der Waals surface area contributed by atoms with Crippen LogP contribution in [0.15, 0.2) is 29.0 Å². The normalized spacial score (nSPS) is 15.3. The number of nitrogens with one attached hydrogen (secondary N) is 1. The number of fused-ring (bicyclic) bond motifs is 1. The molecule has 1 N–H and O–H groups in total. The summed E-state index contributed by atoms with van der Waals surface area (Å²) in [5, 5.41) is 7.55. The Labute approximate surface area is 161 Å². The van der Waals surface area contributed by atoms with Crippen LogP contribution in [0, 0.1) is 0 Å². The molecule has 0 saturated carbocycles. The number of carbonyl (C=O) groups is 2. The number of carbonyl (C=O) groups excluding carboxylic acids is 2. The van der Waals surface area contributed by atoms with Crippen molar-refractivity contribution in [2.45, 2.75) is 25.4 Å². The van der Waals surface area contributed by atoms with E-state index in [0.29, 0.717) is 23.7 Å². The molecule has 1 unspecified atom stereocenters. The summed E-state index contributed by atoms with van der Waals surface area (Å²) in [7, 11) is 3.36. The average Bonchev–Trinajstić information content (AvgIpc) is 3.27. The molecule has 0 radical (unpaired) electrons. The predicted molar refractivity (Wildman–Crippen MR) is 104 cm³/mol. The number of rotatable bonds is 6. The third kappa shape index (κ3) is 4.37. The minimum atomic E-state index is -0.148. The van der Waals surface area contributed by atoms with Crippen LogP contribution in [0.4, 0.5) is 0 Å². The highest BCUT2D eigenvalue weighted by molar-refractivity contribution is 7.08. The van der Waals surface area contributed by atoms with Gasteiger partial charge in [0.25, 0.3) is 0 Å². The molecule has 0 bridgehead atoms. The van der Waals surface area contributed by atoms with Crippen LogP contribution >= 0.6 is 22.9 Å². The van der Waals surface area contributed by atoms with Crippen LogP contribution in [0.1, 0.15) is 18.4 Å². The quantitative estimate of drug-likeness (QED) is 0.820. The Balaban J connectivity index is 1.55. The van der Waals surface area contributed by atoms with E-state index in [2.05, 4.69) is 22.8 Å². The SMILES string of the molecule is CN(C)C(=O)CCC(=O)NCC1Cc2cc(-c3ccsc3)cc(Cl)c2O1. The first-order valence-electron chi connectivity index (χ1n) is 8.42. The largest absolute Gasteiger partial charge is 0.486 e. The van der Waals surface area contributed by atoms with Crippen LogP contribution in [0.3, 0.4) is 0 Å². The molecule has 7 heteroatoms. The van der Waals surface area contributed by atoms with Gasteiger partial charge >= 0.3 is 0 Å². The second-order valence-corrected chi connectivity index (χ2v) is 7.68. The van der Waals surface area contributed by atoms with E-state index in [4.69, 9.17) is 16.3 Å². The fraction of sp³-hybridized carbons (Fsp3) is 0.368. The van der Waals surface area contributed by atoms with Crippen LogP contribution in [-0.2, 0) is 16.0 Å². The minimum Gasteiger partial charge on any atom is -0.486 e. The summed E-state index contributed by atoms with van der Waals surface area (Å²) >= 11 is 8.03. The summed E-state index contributed by atoms with van der Waals surface area (Å²) in [5.41, 5.74) is 3.27. The summed E-state index contributed by atoms with van der Waals surface area (Å²) in [5.74, 6) is 0.495. The second kappa shape index (κ2) is 8.10. The lowest BCUT2D eigenvalue weighted by atomic mass is 10.0. The summed E-state index contributed by atoms with van der Waals surface area (Å²) in [6, 6.07) is 6.07. The van der Waals surface area contributed by atoms with Crippen molar-refractivity contribution in [3.05, 3.63) is 39.5 Å². The lowest BCUT2D eigenvalue weighted by Gasteiger charge is -2.13. The van der Waals surface area contributed by atoms with E-state index in [0.717, 1.165) is 16.7 Å². The molecule has 138 valence electrons. The summed E-state index contributed by atoms with van der Waals surface area (Å²) < 4.78 is 5.91. The number of thiophene rings is 1. The number of hydrogen-bond acceptors (Lipinski definition) is 4. The molecule has 1 aliphatic rings. The Morgan fingerprint density at radius 1 is 1.31 bits per heavy atom. The van der Waals surface area contributed by atoms with Crippen molar-refractivity contribution in [1.82, 2.24) is 10.2 Å². The summed E-state index contributed by atoms with van der Waals surface area (Å²) in [6.07, 6.45) is 0.943. The zero-order valence-electron chi connectivity index (χ0n) is 14.8. The van der Waals surface area contributed by atoms with Crippen molar-refractivity contribution >= 4 is 34.8 Å². The zero-order valence-corrected chi connectivity index (χ0v) is 16.3. The number of ether oxygens (including phenoxy) is 1. The molecule has 1 atom stereocenters. The van der Waals surface area contributed by atoms with E-state index in [-0.39, 0.29) is 30.8 Å². The molecule has 0 aliphatic carbocycles. The molecule has 0 spiro atoms. The summed E-state index contributed by atoms with van der Waals surface area (Å²) in [6.45, 7) is 0.397. The lowest BCUT2D eigenvalue weighted by molar-refractivity contribution is -0.131. The number of benzene rings is 1. The van der Waals surface area contributed by atoms with Gasteiger partial charge in [0, 0.05) is 38.9 Å². The topological polar surface area (TPSA) is 58.6 Å². The first kappa shape index (κ1) is 18.7. The average molecular weight is 393 g/mol. The van der Waals surface area contributed by atoms with Crippen molar-refractivity contribution < 1.29 is 14.3 Å². The van der Waals surface area contributed by atoms with Gasteiger partial charge in [-0.05, 0) is 40.1 Å². The molecule has 1 aliphatic heterocycles. The van der Waals surface area contributed by atoms with Gasteiger partial charge in [0.05, 0.1) is 11.6 Å². The highest BCUT2D eigenvalue weighted by Gasteiger charge is 2.26. The van der Waals surface area contributed by atoms with E-state index in [1.54, 1.807) is 25.4 Å². The predicted octanol–water partition coefficient (Wildman–Crippen LogP) is 3.36. The highest BCUT2D eigenvalue weighted by Crippen LogP contribution is 2.39. The molecule has 2 amide bonds. The standard InChI is InChI=1S/C19H21ClN2O3S/c1-22(2)18(24)4-3-17(23)21-10-15-8-14-7-13(12-5-6-26-11-12)9-16(20)19(14)25-15/h5-7,9,11,15H,3-4,8,10H2,1-2H3,(H,21,23).